The second-order valence-electron chi connectivity index (χ2n) is 6.28. The zero-order valence-electron chi connectivity index (χ0n) is 14.6. The van der Waals surface area contributed by atoms with Crippen LogP contribution >= 0.6 is 0 Å². The lowest BCUT2D eigenvalue weighted by Crippen LogP contribution is -2.25. The average Bonchev–Trinajstić information content (AvgIpc) is 2.94. The highest BCUT2D eigenvalue weighted by atomic mass is 16.2. The number of likely N-dealkylation sites (N-methyl/N-ethyl adjacent to an activating group) is 1. The van der Waals surface area contributed by atoms with E-state index in [-0.39, 0.29) is 5.91 Å². The monoisotopic (exact) mass is 323 g/mol. The van der Waals surface area contributed by atoms with Gasteiger partial charge in [0.25, 0.3) is 5.91 Å². The van der Waals surface area contributed by atoms with E-state index in [0.29, 0.717) is 5.70 Å². The van der Waals surface area contributed by atoms with Crippen molar-refractivity contribution in [3.63, 3.8) is 0 Å². The third-order valence-electron chi connectivity index (χ3n) is 4.60. The van der Waals surface area contributed by atoms with Crippen molar-refractivity contribution in [3.05, 3.63) is 58.0 Å². The minimum atomic E-state index is -0.394. The maximum absolute atomic E-state index is 12.0. The predicted octanol–water partition coefficient (Wildman–Crippen LogP) is 3.23. The number of nitrogens with one attached hydrogen (secondary N) is 1. The quantitative estimate of drug-likeness (QED) is 0.681. The van der Waals surface area contributed by atoms with E-state index in [1.807, 2.05) is 19.9 Å². The molecule has 0 saturated carbocycles. The SMILES string of the molecule is Cc1ccc(-n2c(C)cc(/C=C3/NC(=O)N(C)C3=O)c2C)cc1C. The van der Waals surface area contributed by atoms with Crippen molar-refractivity contribution < 1.29 is 9.59 Å². The summed E-state index contributed by atoms with van der Waals surface area (Å²) in [5.41, 5.74) is 6.92. The van der Waals surface area contributed by atoms with Gasteiger partial charge in [-0.1, -0.05) is 6.07 Å². The maximum Gasteiger partial charge on any atom is 0.328 e. The van der Waals surface area contributed by atoms with Gasteiger partial charge in [-0.2, -0.15) is 0 Å². The lowest BCUT2D eigenvalue weighted by molar-refractivity contribution is -0.121. The molecule has 3 rings (SSSR count). The van der Waals surface area contributed by atoms with Crippen molar-refractivity contribution in [1.82, 2.24) is 14.8 Å². The third kappa shape index (κ3) is 2.52. The number of aromatic nitrogens is 1. The Labute approximate surface area is 141 Å². The van der Waals surface area contributed by atoms with Gasteiger partial charge in [-0.25, -0.2) is 4.79 Å². The van der Waals surface area contributed by atoms with Crippen LogP contribution in [0.4, 0.5) is 4.79 Å². The van der Waals surface area contributed by atoms with E-state index in [1.54, 1.807) is 6.08 Å². The molecule has 1 fully saturated rings. The van der Waals surface area contributed by atoms with E-state index in [9.17, 15) is 9.59 Å². The van der Waals surface area contributed by atoms with Crippen LogP contribution in [0.25, 0.3) is 11.8 Å². The Kier molecular flexibility index (Phi) is 3.79. The number of rotatable bonds is 2. The number of carbonyl (C=O) groups excluding carboxylic acids is 2. The number of hydrogen-bond donors (Lipinski definition) is 1. The first-order chi connectivity index (χ1) is 11.3. The Hall–Kier alpha value is -2.82. The summed E-state index contributed by atoms with van der Waals surface area (Å²) in [5, 5.41) is 2.60. The molecule has 0 bridgehead atoms. The normalized spacial score (nSPS) is 16.2. The number of amides is 3. The molecule has 2 aromatic rings. The van der Waals surface area contributed by atoms with Crippen LogP contribution in [0, 0.1) is 27.7 Å². The van der Waals surface area contributed by atoms with Crippen LogP contribution in [-0.4, -0.2) is 28.5 Å². The second kappa shape index (κ2) is 5.67. The lowest BCUT2D eigenvalue weighted by atomic mass is 10.1. The summed E-state index contributed by atoms with van der Waals surface area (Å²) in [6.45, 7) is 8.23. The standard InChI is InChI=1S/C19H21N3O2/c1-11-6-7-16(8-12(11)2)22-13(3)9-15(14(22)4)10-17-18(23)21(5)19(24)20-17/h6-10H,1-5H3,(H,20,24)/b17-10+. The van der Waals surface area contributed by atoms with Crippen LogP contribution in [0.15, 0.2) is 30.0 Å². The molecule has 124 valence electrons. The summed E-state index contributed by atoms with van der Waals surface area (Å²) < 4.78 is 2.16. The topological polar surface area (TPSA) is 54.3 Å². The number of benzene rings is 1. The van der Waals surface area contributed by atoms with E-state index in [0.717, 1.165) is 27.5 Å². The third-order valence-corrected chi connectivity index (χ3v) is 4.60. The Morgan fingerprint density at radius 2 is 1.71 bits per heavy atom. The Morgan fingerprint density at radius 1 is 1.00 bits per heavy atom. The smallest absolute Gasteiger partial charge is 0.318 e. The zero-order chi connectivity index (χ0) is 17.6. The molecule has 24 heavy (non-hydrogen) atoms. The largest absolute Gasteiger partial charge is 0.328 e. The molecule has 2 heterocycles. The molecular formula is C19H21N3O2. The predicted molar refractivity (Wildman–Crippen MR) is 94.0 cm³/mol. The lowest BCUT2D eigenvalue weighted by Gasteiger charge is -2.11. The molecule has 0 radical (unpaired) electrons. The summed E-state index contributed by atoms with van der Waals surface area (Å²) in [4.78, 5) is 24.7. The number of carbonyl (C=O) groups is 2. The Bertz CT molecular complexity index is 890. The molecule has 1 aliphatic heterocycles. The minimum absolute atomic E-state index is 0.308. The molecule has 1 aromatic carbocycles. The first-order valence-corrected chi connectivity index (χ1v) is 7.87. The van der Waals surface area contributed by atoms with Crippen molar-refractivity contribution in [2.45, 2.75) is 27.7 Å². The fourth-order valence-corrected chi connectivity index (χ4v) is 2.97. The van der Waals surface area contributed by atoms with Gasteiger partial charge in [0.2, 0.25) is 0 Å². The van der Waals surface area contributed by atoms with Crippen LogP contribution < -0.4 is 5.32 Å². The highest BCUT2D eigenvalue weighted by Crippen LogP contribution is 2.25. The molecule has 1 aromatic heterocycles. The van der Waals surface area contributed by atoms with Crippen molar-refractivity contribution in [2.24, 2.45) is 0 Å². The first-order valence-electron chi connectivity index (χ1n) is 7.87. The first kappa shape index (κ1) is 16.1. The van der Waals surface area contributed by atoms with Crippen molar-refractivity contribution in [3.8, 4) is 5.69 Å². The molecule has 0 spiro atoms. The molecule has 1 aliphatic rings. The maximum atomic E-state index is 12.0. The molecule has 0 atom stereocenters. The van der Waals surface area contributed by atoms with Crippen LogP contribution in [0.2, 0.25) is 0 Å². The van der Waals surface area contributed by atoms with E-state index < -0.39 is 6.03 Å². The van der Waals surface area contributed by atoms with E-state index in [4.69, 9.17) is 0 Å². The zero-order valence-corrected chi connectivity index (χ0v) is 14.6. The van der Waals surface area contributed by atoms with Gasteiger partial charge in [-0.3, -0.25) is 9.69 Å². The van der Waals surface area contributed by atoms with Crippen LogP contribution in [0.5, 0.6) is 0 Å². The van der Waals surface area contributed by atoms with Crippen LogP contribution in [-0.2, 0) is 4.79 Å². The van der Waals surface area contributed by atoms with Gasteiger partial charge in [0.15, 0.2) is 0 Å². The van der Waals surface area contributed by atoms with Gasteiger partial charge in [-0.15, -0.1) is 0 Å². The fraction of sp³-hybridized carbons (Fsp3) is 0.263. The fourth-order valence-electron chi connectivity index (χ4n) is 2.97. The van der Waals surface area contributed by atoms with Gasteiger partial charge in [0, 0.05) is 24.1 Å². The number of hydrogen-bond acceptors (Lipinski definition) is 2. The van der Waals surface area contributed by atoms with Gasteiger partial charge in [0.1, 0.15) is 5.70 Å². The summed E-state index contributed by atoms with van der Waals surface area (Å²) in [5.74, 6) is -0.309. The molecular weight excluding hydrogens is 302 g/mol. The average molecular weight is 323 g/mol. The summed E-state index contributed by atoms with van der Waals surface area (Å²) in [7, 11) is 1.47. The summed E-state index contributed by atoms with van der Waals surface area (Å²) in [6, 6.07) is 7.99. The van der Waals surface area contributed by atoms with Crippen molar-refractivity contribution in [1.29, 1.82) is 0 Å². The second-order valence-corrected chi connectivity index (χ2v) is 6.28. The Morgan fingerprint density at radius 3 is 2.29 bits per heavy atom. The van der Waals surface area contributed by atoms with Crippen molar-refractivity contribution in [2.75, 3.05) is 7.05 Å². The molecule has 3 amide bonds. The molecule has 0 unspecified atom stereocenters. The summed E-state index contributed by atoms with van der Waals surface area (Å²) >= 11 is 0. The van der Waals surface area contributed by atoms with Gasteiger partial charge in [-0.05, 0) is 68.7 Å². The molecule has 5 nitrogen and oxygen atoms in total. The number of aryl methyl sites for hydroxylation is 3. The van der Waals surface area contributed by atoms with E-state index >= 15 is 0 Å². The van der Waals surface area contributed by atoms with Crippen LogP contribution in [0.1, 0.15) is 28.1 Å². The van der Waals surface area contributed by atoms with Gasteiger partial charge in [0.05, 0.1) is 0 Å². The molecule has 5 heteroatoms. The van der Waals surface area contributed by atoms with E-state index in [1.165, 1.54) is 18.2 Å². The Balaban J connectivity index is 2.06. The summed E-state index contributed by atoms with van der Waals surface area (Å²) in [6.07, 6.45) is 1.74. The molecule has 1 saturated heterocycles. The molecule has 0 aliphatic carbocycles. The highest BCUT2D eigenvalue weighted by molar-refractivity contribution is 6.13. The van der Waals surface area contributed by atoms with Crippen LogP contribution in [0.3, 0.4) is 0 Å². The number of nitrogens with zero attached hydrogens (tertiary/aromatic N) is 2. The van der Waals surface area contributed by atoms with Gasteiger partial charge >= 0.3 is 6.03 Å². The number of imide groups is 1. The van der Waals surface area contributed by atoms with Gasteiger partial charge < -0.3 is 9.88 Å². The van der Waals surface area contributed by atoms with Crippen molar-refractivity contribution >= 4 is 18.0 Å². The van der Waals surface area contributed by atoms with E-state index in [2.05, 4.69) is 41.9 Å². The highest BCUT2D eigenvalue weighted by Gasteiger charge is 2.30. The number of urea groups is 1. The molecule has 1 N–H and O–H groups in total. The minimum Gasteiger partial charge on any atom is -0.318 e.